The van der Waals surface area contributed by atoms with Crippen LogP contribution in [0.25, 0.3) is 6.08 Å². The van der Waals surface area contributed by atoms with Gasteiger partial charge in [-0.25, -0.2) is 5.43 Å². The van der Waals surface area contributed by atoms with E-state index in [-0.39, 0.29) is 0 Å². The molecule has 3 nitrogen and oxygen atoms in total. The molecule has 3 heteroatoms. The molecule has 0 aromatic carbocycles. The first kappa shape index (κ1) is 6.08. The molecule has 2 aliphatic rings. The summed E-state index contributed by atoms with van der Waals surface area (Å²) in [6.07, 6.45) is 8.19. The molecule has 0 radical (unpaired) electrons. The zero-order valence-corrected chi connectivity index (χ0v) is 6.46. The van der Waals surface area contributed by atoms with Gasteiger partial charge < -0.3 is 10.4 Å². The van der Waals surface area contributed by atoms with Crippen LogP contribution in [0.2, 0.25) is 0 Å². The van der Waals surface area contributed by atoms with Crippen molar-refractivity contribution in [2.45, 2.75) is 6.04 Å². The second-order valence-electron chi connectivity index (χ2n) is 3.05. The number of nitrogens with one attached hydrogen (secondary N) is 3. The predicted molar refractivity (Wildman–Crippen MR) is 46.9 cm³/mol. The molecule has 3 N–H and O–H groups in total. The third kappa shape index (κ3) is 0.636. The Labute approximate surface area is 70.1 Å². The standard InChI is InChI=1S/C9H9N3/c1-2-8-7(3-4-10-8)9-6(1)5-11-12-9/h1-5,9-12H. The molecule has 0 bridgehead atoms. The summed E-state index contributed by atoms with van der Waals surface area (Å²) in [5.41, 5.74) is 10.0. The van der Waals surface area contributed by atoms with Crippen molar-refractivity contribution < 1.29 is 0 Å². The first-order chi connectivity index (χ1) is 5.95. The molecule has 0 saturated heterocycles. The Bertz CT molecular complexity index is 373. The van der Waals surface area contributed by atoms with Crippen LogP contribution < -0.4 is 10.9 Å². The normalized spacial score (nSPS) is 24.3. The maximum Gasteiger partial charge on any atom is 0.0794 e. The summed E-state index contributed by atoms with van der Waals surface area (Å²) in [6, 6.07) is 2.44. The fourth-order valence-electron chi connectivity index (χ4n) is 1.75. The second-order valence-corrected chi connectivity index (χ2v) is 3.05. The van der Waals surface area contributed by atoms with E-state index in [1.807, 2.05) is 12.4 Å². The van der Waals surface area contributed by atoms with Crippen LogP contribution in [-0.4, -0.2) is 4.98 Å². The molecule has 12 heavy (non-hydrogen) atoms. The quantitative estimate of drug-likeness (QED) is 0.530. The van der Waals surface area contributed by atoms with Gasteiger partial charge in [0.1, 0.15) is 0 Å². The van der Waals surface area contributed by atoms with Crippen molar-refractivity contribution in [1.29, 1.82) is 0 Å². The fourth-order valence-corrected chi connectivity index (χ4v) is 1.75. The lowest BCUT2D eigenvalue weighted by molar-refractivity contribution is 0.600. The van der Waals surface area contributed by atoms with Gasteiger partial charge in [-0.2, -0.15) is 0 Å². The number of rotatable bonds is 0. The van der Waals surface area contributed by atoms with Crippen molar-refractivity contribution in [3.8, 4) is 0 Å². The summed E-state index contributed by atoms with van der Waals surface area (Å²) >= 11 is 0. The topological polar surface area (TPSA) is 39.9 Å². The lowest BCUT2D eigenvalue weighted by Gasteiger charge is -2.15. The highest BCUT2D eigenvalue weighted by atomic mass is 15.4. The summed E-state index contributed by atoms with van der Waals surface area (Å²) in [5, 5.41) is 0. The predicted octanol–water partition coefficient (Wildman–Crippen LogP) is 1.07. The maximum atomic E-state index is 3.19. The van der Waals surface area contributed by atoms with Crippen LogP contribution in [0.4, 0.5) is 0 Å². The Morgan fingerprint density at radius 1 is 1.25 bits per heavy atom. The van der Waals surface area contributed by atoms with Crippen LogP contribution in [0.3, 0.4) is 0 Å². The van der Waals surface area contributed by atoms with Crippen LogP contribution >= 0.6 is 0 Å². The minimum absolute atomic E-state index is 0.330. The van der Waals surface area contributed by atoms with Crippen LogP contribution in [0.15, 0.2) is 30.1 Å². The maximum absolute atomic E-state index is 3.19. The van der Waals surface area contributed by atoms with E-state index in [2.05, 4.69) is 34.1 Å². The van der Waals surface area contributed by atoms with Crippen molar-refractivity contribution in [1.82, 2.24) is 15.8 Å². The van der Waals surface area contributed by atoms with E-state index >= 15 is 0 Å². The number of H-pyrrole nitrogens is 1. The molecule has 60 valence electrons. The van der Waals surface area contributed by atoms with E-state index in [0.717, 1.165) is 0 Å². The van der Waals surface area contributed by atoms with E-state index in [1.165, 1.54) is 16.8 Å². The summed E-state index contributed by atoms with van der Waals surface area (Å²) in [6.45, 7) is 0. The van der Waals surface area contributed by atoms with Gasteiger partial charge in [0, 0.05) is 23.7 Å². The highest BCUT2D eigenvalue weighted by Gasteiger charge is 2.24. The Balaban J connectivity index is 2.20. The number of hydrogen-bond acceptors (Lipinski definition) is 2. The van der Waals surface area contributed by atoms with E-state index in [9.17, 15) is 0 Å². The van der Waals surface area contributed by atoms with Crippen LogP contribution in [0.1, 0.15) is 17.3 Å². The number of hydrogen-bond donors (Lipinski definition) is 3. The number of aromatic nitrogens is 1. The van der Waals surface area contributed by atoms with E-state index in [0.29, 0.717) is 6.04 Å². The van der Waals surface area contributed by atoms with Crippen molar-refractivity contribution in [3.05, 3.63) is 41.4 Å². The molecule has 3 rings (SSSR count). The van der Waals surface area contributed by atoms with E-state index < -0.39 is 0 Å². The van der Waals surface area contributed by atoms with Crippen LogP contribution in [0, 0.1) is 0 Å². The summed E-state index contributed by atoms with van der Waals surface area (Å²) in [5.74, 6) is 0. The Morgan fingerprint density at radius 2 is 2.25 bits per heavy atom. The van der Waals surface area contributed by atoms with Crippen molar-refractivity contribution >= 4 is 6.08 Å². The fraction of sp³-hybridized carbons (Fsp3) is 0.111. The molecular weight excluding hydrogens is 150 g/mol. The minimum atomic E-state index is 0.330. The van der Waals surface area contributed by atoms with Gasteiger partial charge in [0.15, 0.2) is 0 Å². The molecular formula is C9H9N3. The summed E-state index contributed by atoms with van der Waals surface area (Å²) in [4.78, 5) is 3.19. The molecule has 0 amide bonds. The smallest absolute Gasteiger partial charge is 0.0794 e. The van der Waals surface area contributed by atoms with Gasteiger partial charge in [-0.05, 0) is 17.7 Å². The zero-order chi connectivity index (χ0) is 7.97. The van der Waals surface area contributed by atoms with Crippen LogP contribution in [-0.2, 0) is 0 Å². The van der Waals surface area contributed by atoms with Gasteiger partial charge in [0.2, 0.25) is 0 Å². The summed E-state index contributed by atoms with van der Waals surface area (Å²) in [7, 11) is 0. The Kier molecular flexibility index (Phi) is 1.02. The highest BCUT2D eigenvalue weighted by Crippen LogP contribution is 2.31. The third-order valence-electron chi connectivity index (χ3n) is 2.37. The monoisotopic (exact) mass is 159 g/mol. The molecule has 1 unspecified atom stereocenters. The zero-order valence-electron chi connectivity index (χ0n) is 6.46. The van der Waals surface area contributed by atoms with Gasteiger partial charge in [-0.3, -0.25) is 0 Å². The highest BCUT2D eigenvalue weighted by molar-refractivity contribution is 5.61. The van der Waals surface area contributed by atoms with E-state index in [1.54, 1.807) is 0 Å². The first-order valence-corrected chi connectivity index (χ1v) is 4.01. The molecule has 1 aliphatic heterocycles. The number of aromatic amines is 1. The Hall–Kier alpha value is -1.48. The lowest BCUT2D eigenvalue weighted by atomic mass is 9.96. The van der Waals surface area contributed by atoms with E-state index in [4.69, 9.17) is 0 Å². The number of hydrazine groups is 1. The van der Waals surface area contributed by atoms with Gasteiger partial charge in [-0.1, -0.05) is 6.08 Å². The molecule has 0 saturated carbocycles. The number of fused-ring (bicyclic) bond motifs is 3. The molecule has 2 heterocycles. The van der Waals surface area contributed by atoms with Gasteiger partial charge >= 0.3 is 0 Å². The molecule has 0 spiro atoms. The van der Waals surface area contributed by atoms with Gasteiger partial charge in [0.05, 0.1) is 6.04 Å². The first-order valence-electron chi connectivity index (χ1n) is 4.01. The summed E-state index contributed by atoms with van der Waals surface area (Å²) < 4.78 is 0. The molecule has 1 aromatic rings. The Morgan fingerprint density at radius 3 is 3.25 bits per heavy atom. The van der Waals surface area contributed by atoms with Crippen LogP contribution in [0.5, 0.6) is 0 Å². The van der Waals surface area contributed by atoms with Gasteiger partial charge in [-0.15, -0.1) is 0 Å². The average Bonchev–Trinajstić information content (AvgIpc) is 2.71. The van der Waals surface area contributed by atoms with Gasteiger partial charge in [0.25, 0.3) is 0 Å². The second kappa shape index (κ2) is 2.01. The SMILES string of the molecule is C1=Cc2[nH]ccc2C2NNC=C12. The molecule has 0 fully saturated rings. The van der Waals surface area contributed by atoms with Crippen molar-refractivity contribution in [2.75, 3.05) is 0 Å². The minimum Gasteiger partial charge on any atom is -0.361 e. The van der Waals surface area contributed by atoms with Crippen molar-refractivity contribution in [3.63, 3.8) is 0 Å². The molecule has 1 aromatic heterocycles. The molecule has 1 aliphatic carbocycles. The third-order valence-corrected chi connectivity index (χ3v) is 2.37. The average molecular weight is 159 g/mol. The van der Waals surface area contributed by atoms with Crippen molar-refractivity contribution in [2.24, 2.45) is 0 Å². The largest absolute Gasteiger partial charge is 0.361 e. The lowest BCUT2D eigenvalue weighted by Crippen LogP contribution is -2.25. The molecule has 1 atom stereocenters.